The number of halogens is 4. The Labute approximate surface area is 228 Å². The van der Waals surface area contributed by atoms with Gasteiger partial charge in [0.2, 0.25) is 0 Å². The Morgan fingerprint density at radius 1 is 1.11 bits per heavy atom. The molecule has 38 heavy (non-hydrogen) atoms. The Morgan fingerprint density at radius 2 is 1.84 bits per heavy atom. The number of aromatic carboxylic acids is 1. The molecule has 1 saturated heterocycles. The van der Waals surface area contributed by atoms with E-state index in [1.165, 1.54) is 34.4 Å². The van der Waals surface area contributed by atoms with Crippen molar-refractivity contribution in [1.82, 2.24) is 4.90 Å². The van der Waals surface area contributed by atoms with Gasteiger partial charge in [-0.05, 0) is 64.9 Å². The fraction of sp³-hybridized carbons (Fsp3) is 0.192. The summed E-state index contributed by atoms with van der Waals surface area (Å²) in [6, 6.07) is 10.8. The van der Waals surface area contributed by atoms with Crippen LogP contribution in [0.3, 0.4) is 0 Å². The van der Waals surface area contributed by atoms with Crippen LogP contribution in [-0.2, 0) is 22.3 Å². The number of thiophene rings is 1. The Balaban J connectivity index is 1.32. The Morgan fingerprint density at radius 3 is 2.53 bits per heavy atom. The number of carboxylic acid groups (broad SMARTS) is 1. The summed E-state index contributed by atoms with van der Waals surface area (Å²) in [5.41, 5.74) is 0.399. The number of benzene rings is 2. The number of amides is 1. The van der Waals surface area contributed by atoms with E-state index in [0.29, 0.717) is 45.8 Å². The van der Waals surface area contributed by atoms with Crippen LogP contribution in [0.5, 0.6) is 0 Å². The van der Waals surface area contributed by atoms with Gasteiger partial charge < -0.3 is 9.84 Å². The Hall–Kier alpha value is -3.06. The third-order valence-electron chi connectivity index (χ3n) is 5.51. The van der Waals surface area contributed by atoms with Crippen molar-refractivity contribution >= 4 is 57.6 Å². The molecule has 1 N–H and O–H groups in total. The number of alkyl halides is 3. The molecule has 4 rings (SSSR count). The first-order valence-electron chi connectivity index (χ1n) is 11.1. The van der Waals surface area contributed by atoms with Crippen LogP contribution in [0.4, 0.5) is 17.6 Å². The van der Waals surface area contributed by atoms with Crippen LogP contribution in [0.2, 0.25) is 0 Å². The second-order valence-corrected chi connectivity index (χ2v) is 10.8. The van der Waals surface area contributed by atoms with Gasteiger partial charge in [-0.25, -0.2) is 9.18 Å². The molecule has 2 heterocycles. The normalized spacial score (nSPS) is 15.1. The van der Waals surface area contributed by atoms with E-state index < -0.39 is 23.5 Å². The van der Waals surface area contributed by atoms with E-state index in [4.69, 9.17) is 22.1 Å². The smallest absolute Gasteiger partial charge is 0.419 e. The number of thioether (sulfide) groups is 1. The summed E-state index contributed by atoms with van der Waals surface area (Å²) in [4.78, 5) is 26.3. The summed E-state index contributed by atoms with van der Waals surface area (Å²) in [5, 5.41) is 10.6. The van der Waals surface area contributed by atoms with Crippen molar-refractivity contribution in [2.24, 2.45) is 0 Å². The van der Waals surface area contributed by atoms with Crippen molar-refractivity contribution in [2.45, 2.75) is 19.2 Å². The molecule has 3 aromatic rings. The number of carbonyl (C=O) groups is 2. The SMILES string of the molecule is O=C(O)c1ccc(COCCCN2C(=O)C(=Cc3cc(-c4ccc(F)c(C(F)(F)F)c4)cs3)SC2=S)cc1. The highest BCUT2D eigenvalue weighted by Gasteiger charge is 2.34. The minimum Gasteiger partial charge on any atom is -0.478 e. The molecule has 1 aromatic heterocycles. The van der Waals surface area contributed by atoms with Crippen molar-refractivity contribution in [3.05, 3.63) is 86.2 Å². The first kappa shape index (κ1) is 28.0. The molecular weight excluding hydrogens is 562 g/mol. The van der Waals surface area contributed by atoms with Crippen molar-refractivity contribution in [1.29, 1.82) is 0 Å². The zero-order valence-corrected chi connectivity index (χ0v) is 21.9. The first-order valence-corrected chi connectivity index (χ1v) is 13.2. The Bertz CT molecular complexity index is 1400. The van der Waals surface area contributed by atoms with Gasteiger partial charge in [0.05, 0.1) is 22.6 Å². The molecule has 0 aliphatic carbocycles. The monoisotopic (exact) mass is 581 g/mol. The second-order valence-electron chi connectivity index (χ2n) is 8.17. The average Bonchev–Trinajstić information content (AvgIpc) is 3.43. The zero-order valence-electron chi connectivity index (χ0n) is 19.5. The van der Waals surface area contributed by atoms with E-state index in [1.54, 1.807) is 29.7 Å². The maximum atomic E-state index is 13.6. The number of rotatable bonds is 9. The summed E-state index contributed by atoms with van der Waals surface area (Å²) in [5.74, 6) is -2.59. The van der Waals surface area contributed by atoms with Gasteiger partial charge >= 0.3 is 12.1 Å². The largest absolute Gasteiger partial charge is 0.478 e. The highest BCUT2D eigenvalue weighted by molar-refractivity contribution is 8.26. The highest BCUT2D eigenvalue weighted by atomic mass is 32.2. The molecule has 0 unspecified atom stereocenters. The second kappa shape index (κ2) is 11.8. The first-order chi connectivity index (χ1) is 18.0. The van der Waals surface area contributed by atoms with Crippen molar-refractivity contribution in [3.8, 4) is 11.1 Å². The summed E-state index contributed by atoms with van der Waals surface area (Å²) < 4.78 is 58.8. The molecule has 5 nitrogen and oxygen atoms in total. The number of carboxylic acids is 1. The number of hydrogen-bond acceptors (Lipinski definition) is 6. The predicted molar refractivity (Wildman–Crippen MR) is 142 cm³/mol. The van der Waals surface area contributed by atoms with Gasteiger partial charge in [0.15, 0.2) is 0 Å². The third-order valence-corrected chi connectivity index (χ3v) is 7.77. The lowest BCUT2D eigenvalue weighted by atomic mass is 10.0. The van der Waals surface area contributed by atoms with E-state index in [-0.39, 0.29) is 17.0 Å². The fourth-order valence-corrected chi connectivity index (χ4v) is 5.80. The number of hydrogen-bond donors (Lipinski definition) is 1. The maximum absolute atomic E-state index is 13.6. The molecule has 1 aliphatic rings. The number of carbonyl (C=O) groups excluding carboxylic acids is 1. The standard InChI is InChI=1S/C26H19F4NO4S3/c27-21-7-6-17(11-20(21)26(28,29)30)18-10-19(37-14-18)12-22-23(32)31(25(36)38-22)8-1-9-35-13-15-2-4-16(5-3-15)24(33)34/h2-7,10-12,14H,1,8-9,13H2,(H,33,34). The molecule has 2 aromatic carbocycles. The van der Waals surface area contributed by atoms with E-state index >= 15 is 0 Å². The van der Waals surface area contributed by atoms with Crippen LogP contribution in [0.25, 0.3) is 17.2 Å². The van der Waals surface area contributed by atoms with Crippen molar-refractivity contribution in [3.63, 3.8) is 0 Å². The predicted octanol–water partition coefficient (Wildman–Crippen LogP) is 7.08. The van der Waals surface area contributed by atoms with Crippen LogP contribution >= 0.6 is 35.3 Å². The quantitative estimate of drug-likeness (QED) is 0.126. The molecule has 0 saturated carbocycles. The van der Waals surface area contributed by atoms with Gasteiger partial charge in [-0.2, -0.15) is 13.2 Å². The highest BCUT2D eigenvalue weighted by Crippen LogP contribution is 2.37. The number of nitrogens with zero attached hydrogens (tertiary/aromatic N) is 1. The van der Waals surface area contributed by atoms with Gasteiger partial charge in [0.1, 0.15) is 10.1 Å². The Kier molecular flexibility index (Phi) is 8.66. The minimum absolute atomic E-state index is 0.195. The molecule has 1 amide bonds. The minimum atomic E-state index is -4.80. The molecule has 12 heteroatoms. The summed E-state index contributed by atoms with van der Waals surface area (Å²) in [6.45, 7) is 1.02. The van der Waals surface area contributed by atoms with Gasteiger partial charge in [0, 0.05) is 18.0 Å². The van der Waals surface area contributed by atoms with E-state index in [1.807, 2.05) is 0 Å². The molecule has 0 atom stereocenters. The fourth-order valence-electron chi connectivity index (χ4n) is 3.58. The summed E-state index contributed by atoms with van der Waals surface area (Å²) >= 11 is 7.73. The van der Waals surface area contributed by atoms with Gasteiger partial charge in [-0.3, -0.25) is 9.69 Å². The van der Waals surface area contributed by atoms with Crippen molar-refractivity contribution < 1.29 is 37.0 Å². The van der Waals surface area contributed by atoms with Crippen LogP contribution in [0.15, 0.2) is 58.8 Å². The molecular formula is C26H19F4NO4S3. The number of thiocarbonyl (C=S) groups is 1. The molecule has 1 aliphatic heterocycles. The summed E-state index contributed by atoms with van der Waals surface area (Å²) in [6.07, 6.45) is -2.63. The molecule has 0 bridgehead atoms. The van der Waals surface area contributed by atoms with E-state index in [2.05, 4.69) is 0 Å². The zero-order chi connectivity index (χ0) is 27.4. The lowest BCUT2D eigenvalue weighted by molar-refractivity contribution is -0.140. The van der Waals surface area contributed by atoms with Crippen LogP contribution < -0.4 is 0 Å². The average molecular weight is 582 g/mol. The van der Waals surface area contributed by atoms with Crippen LogP contribution in [0.1, 0.15) is 32.8 Å². The van der Waals surface area contributed by atoms with Crippen LogP contribution in [-0.4, -0.2) is 39.4 Å². The number of ether oxygens (including phenoxy) is 1. The topological polar surface area (TPSA) is 66.8 Å². The van der Waals surface area contributed by atoms with Crippen LogP contribution in [0, 0.1) is 5.82 Å². The van der Waals surface area contributed by atoms with Crippen molar-refractivity contribution in [2.75, 3.05) is 13.2 Å². The lowest BCUT2D eigenvalue weighted by Gasteiger charge is -2.14. The van der Waals surface area contributed by atoms with E-state index in [9.17, 15) is 27.2 Å². The summed E-state index contributed by atoms with van der Waals surface area (Å²) in [7, 11) is 0. The van der Waals surface area contributed by atoms with E-state index in [0.717, 1.165) is 29.5 Å². The van der Waals surface area contributed by atoms with Gasteiger partial charge in [-0.15, -0.1) is 11.3 Å². The lowest BCUT2D eigenvalue weighted by Crippen LogP contribution is -2.29. The molecule has 0 radical (unpaired) electrons. The molecule has 1 fully saturated rings. The molecule has 0 spiro atoms. The maximum Gasteiger partial charge on any atom is 0.419 e. The molecule has 198 valence electrons. The third kappa shape index (κ3) is 6.68. The van der Waals surface area contributed by atoms with Gasteiger partial charge in [0.25, 0.3) is 5.91 Å². The van der Waals surface area contributed by atoms with Gasteiger partial charge in [-0.1, -0.05) is 42.2 Å².